The number of anilines is 1. The highest BCUT2D eigenvalue weighted by Gasteiger charge is 2.22. The minimum absolute atomic E-state index is 0.639. The van der Waals surface area contributed by atoms with Crippen LogP contribution >= 0.6 is 0 Å². The van der Waals surface area contributed by atoms with E-state index in [9.17, 15) is 0 Å². The summed E-state index contributed by atoms with van der Waals surface area (Å²) in [5.74, 6) is 1.04. The molecular formula is C15H23N5. The van der Waals surface area contributed by atoms with Crippen molar-refractivity contribution in [2.24, 2.45) is 0 Å². The van der Waals surface area contributed by atoms with E-state index in [-0.39, 0.29) is 0 Å². The molecule has 0 saturated carbocycles. The molecule has 1 aliphatic heterocycles. The Morgan fingerprint density at radius 2 is 2.15 bits per heavy atom. The number of aryl methyl sites for hydroxylation is 2. The van der Waals surface area contributed by atoms with E-state index in [0.29, 0.717) is 6.04 Å². The van der Waals surface area contributed by atoms with Crippen LogP contribution in [0.25, 0.3) is 5.65 Å². The number of hydrogen-bond acceptors (Lipinski definition) is 4. The normalized spacial score (nSPS) is 19.9. The third kappa shape index (κ3) is 2.50. The van der Waals surface area contributed by atoms with Gasteiger partial charge in [-0.3, -0.25) is 4.90 Å². The van der Waals surface area contributed by atoms with E-state index in [1.54, 1.807) is 0 Å². The minimum Gasteiger partial charge on any atom is -0.368 e. The van der Waals surface area contributed by atoms with Gasteiger partial charge in [0.15, 0.2) is 5.65 Å². The van der Waals surface area contributed by atoms with Crippen molar-refractivity contribution in [3.63, 3.8) is 0 Å². The lowest BCUT2D eigenvalue weighted by molar-refractivity contribution is 0.277. The predicted octanol–water partition coefficient (Wildman–Crippen LogP) is 2.24. The van der Waals surface area contributed by atoms with E-state index in [0.717, 1.165) is 35.9 Å². The van der Waals surface area contributed by atoms with Crippen LogP contribution in [0.15, 0.2) is 12.1 Å². The van der Waals surface area contributed by atoms with Gasteiger partial charge >= 0.3 is 0 Å². The maximum absolute atomic E-state index is 4.52. The Bertz CT molecular complexity index is 604. The van der Waals surface area contributed by atoms with E-state index in [4.69, 9.17) is 0 Å². The summed E-state index contributed by atoms with van der Waals surface area (Å²) in [6.45, 7) is 9.62. The summed E-state index contributed by atoms with van der Waals surface area (Å²) in [5.41, 5.74) is 2.95. The highest BCUT2D eigenvalue weighted by Crippen LogP contribution is 2.18. The Balaban J connectivity index is 1.80. The first-order valence-electron chi connectivity index (χ1n) is 7.49. The van der Waals surface area contributed by atoms with Crippen molar-refractivity contribution in [1.29, 1.82) is 0 Å². The van der Waals surface area contributed by atoms with Gasteiger partial charge in [0.1, 0.15) is 5.82 Å². The Labute approximate surface area is 120 Å². The van der Waals surface area contributed by atoms with Crippen LogP contribution in [0.3, 0.4) is 0 Å². The predicted molar refractivity (Wildman–Crippen MR) is 81.2 cm³/mol. The quantitative estimate of drug-likeness (QED) is 0.928. The van der Waals surface area contributed by atoms with Crippen LogP contribution in [-0.2, 0) is 0 Å². The topological polar surface area (TPSA) is 45.5 Å². The molecule has 0 aromatic carbocycles. The molecule has 3 heterocycles. The van der Waals surface area contributed by atoms with Crippen LogP contribution in [0.5, 0.6) is 0 Å². The maximum atomic E-state index is 4.52. The van der Waals surface area contributed by atoms with Gasteiger partial charge in [0.25, 0.3) is 0 Å². The van der Waals surface area contributed by atoms with Crippen molar-refractivity contribution < 1.29 is 0 Å². The summed E-state index contributed by atoms with van der Waals surface area (Å²) in [7, 11) is 0. The number of hydrogen-bond donors (Lipinski definition) is 1. The molecule has 0 aliphatic carbocycles. The van der Waals surface area contributed by atoms with Crippen LogP contribution in [0, 0.1) is 13.8 Å². The molecule has 0 unspecified atom stereocenters. The molecule has 5 nitrogen and oxygen atoms in total. The molecule has 0 bridgehead atoms. The van der Waals surface area contributed by atoms with Gasteiger partial charge in [0.2, 0.25) is 0 Å². The third-order valence-corrected chi connectivity index (χ3v) is 4.10. The first-order valence-corrected chi connectivity index (χ1v) is 7.49. The lowest BCUT2D eigenvalue weighted by Gasteiger charge is -2.23. The average molecular weight is 273 g/mol. The Morgan fingerprint density at radius 3 is 2.95 bits per heavy atom. The lowest BCUT2D eigenvalue weighted by atomic mass is 10.2. The molecular weight excluding hydrogens is 250 g/mol. The van der Waals surface area contributed by atoms with E-state index in [2.05, 4.69) is 33.3 Å². The maximum Gasteiger partial charge on any atom is 0.157 e. The summed E-state index contributed by atoms with van der Waals surface area (Å²) in [4.78, 5) is 7.07. The van der Waals surface area contributed by atoms with Gasteiger partial charge in [-0.2, -0.15) is 9.61 Å². The van der Waals surface area contributed by atoms with Gasteiger partial charge in [-0.05, 0) is 39.8 Å². The summed E-state index contributed by atoms with van der Waals surface area (Å²) in [6.07, 6.45) is 2.60. The highest BCUT2D eigenvalue weighted by atomic mass is 15.3. The van der Waals surface area contributed by atoms with Gasteiger partial charge in [0.05, 0.1) is 5.69 Å². The van der Waals surface area contributed by atoms with Crippen LogP contribution in [0.4, 0.5) is 5.82 Å². The molecule has 0 radical (unpaired) electrons. The summed E-state index contributed by atoms with van der Waals surface area (Å²) in [5, 5.41) is 8.08. The lowest BCUT2D eigenvalue weighted by Crippen LogP contribution is -2.35. The number of aromatic nitrogens is 3. The Kier molecular flexibility index (Phi) is 3.61. The van der Waals surface area contributed by atoms with E-state index >= 15 is 0 Å². The van der Waals surface area contributed by atoms with Gasteiger partial charge in [-0.15, -0.1) is 0 Å². The number of likely N-dealkylation sites (N-methyl/N-ethyl adjacent to an activating group) is 1. The number of nitrogens with one attached hydrogen (secondary N) is 1. The van der Waals surface area contributed by atoms with Crippen LogP contribution < -0.4 is 5.32 Å². The standard InChI is InChI=1S/C15H23N5/c1-4-19-7-5-6-13(19)10-16-14-8-11(2)17-15-9-12(3)18-20(14)15/h8-9,13,16H,4-7,10H2,1-3H3/t13-/m1/s1. The third-order valence-electron chi connectivity index (χ3n) is 4.10. The second kappa shape index (κ2) is 5.40. The number of nitrogens with zero attached hydrogens (tertiary/aromatic N) is 4. The van der Waals surface area contributed by atoms with Crippen molar-refractivity contribution in [2.45, 2.75) is 39.7 Å². The smallest absolute Gasteiger partial charge is 0.157 e. The molecule has 1 saturated heterocycles. The van der Waals surface area contributed by atoms with Gasteiger partial charge in [0, 0.05) is 30.4 Å². The number of likely N-dealkylation sites (tertiary alicyclic amines) is 1. The molecule has 108 valence electrons. The summed E-state index contributed by atoms with van der Waals surface area (Å²) >= 11 is 0. The Morgan fingerprint density at radius 1 is 1.30 bits per heavy atom. The molecule has 5 heteroatoms. The van der Waals surface area contributed by atoms with Crippen molar-refractivity contribution in [2.75, 3.05) is 25.0 Å². The largest absolute Gasteiger partial charge is 0.368 e. The van der Waals surface area contributed by atoms with Gasteiger partial charge in [-0.25, -0.2) is 4.98 Å². The van der Waals surface area contributed by atoms with E-state index in [1.807, 2.05) is 24.4 Å². The fourth-order valence-electron chi connectivity index (χ4n) is 3.11. The van der Waals surface area contributed by atoms with E-state index in [1.165, 1.54) is 19.4 Å². The van der Waals surface area contributed by atoms with Crippen LogP contribution in [0.1, 0.15) is 31.2 Å². The monoisotopic (exact) mass is 273 g/mol. The molecule has 1 aliphatic rings. The summed E-state index contributed by atoms with van der Waals surface area (Å²) < 4.78 is 1.91. The second-order valence-corrected chi connectivity index (χ2v) is 5.64. The molecule has 2 aromatic heterocycles. The summed E-state index contributed by atoms with van der Waals surface area (Å²) in [6, 6.07) is 4.73. The number of fused-ring (bicyclic) bond motifs is 1. The molecule has 0 spiro atoms. The molecule has 1 N–H and O–H groups in total. The highest BCUT2D eigenvalue weighted by molar-refractivity contribution is 5.50. The molecule has 3 rings (SSSR count). The van der Waals surface area contributed by atoms with Crippen molar-refractivity contribution in [3.05, 3.63) is 23.5 Å². The zero-order valence-corrected chi connectivity index (χ0v) is 12.6. The zero-order chi connectivity index (χ0) is 14.1. The van der Waals surface area contributed by atoms with Crippen molar-refractivity contribution in [3.8, 4) is 0 Å². The average Bonchev–Trinajstić information content (AvgIpc) is 3.00. The van der Waals surface area contributed by atoms with Crippen LogP contribution in [-0.4, -0.2) is 45.2 Å². The van der Waals surface area contributed by atoms with E-state index < -0.39 is 0 Å². The van der Waals surface area contributed by atoms with Gasteiger partial charge in [-0.1, -0.05) is 6.92 Å². The minimum atomic E-state index is 0.639. The molecule has 0 amide bonds. The fraction of sp³-hybridized carbons (Fsp3) is 0.600. The Hall–Kier alpha value is -1.62. The van der Waals surface area contributed by atoms with Crippen molar-refractivity contribution in [1.82, 2.24) is 19.5 Å². The zero-order valence-electron chi connectivity index (χ0n) is 12.6. The van der Waals surface area contributed by atoms with Crippen molar-refractivity contribution >= 4 is 11.5 Å². The molecule has 20 heavy (non-hydrogen) atoms. The second-order valence-electron chi connectivity index (χ2n) is 5.64. The first-order chi connectivity index (χ1) is 9.67. The van der Waals surface area contributed by atoms with Gasteiger partial charge < -0.3 is 5.32 Å². The van der Waals surface area contributed by atoms with Crippen LogP contribution in [0.2, 0.25) is 0 Å². The molecule has 1 fully saturated rings. The SMILES string of the molecule is CCN1CCC[C@@H]1CNc1cc(C)nc2cc(C)nn12. The number of rotatable bonds is 4. The molecule has 1 atom stereocenters. The first kappa shape index (κ1) is 13.4. The molecule has 2 aromatic rings. The fourth-order valence-corrected chi connectivity index (χ4v) is 3.11.